The lowest BCUT2D eigenvalue weighted by atomic mass is 9.77. The Morgan fingerprint density at radius 1 is 1.20 bits per heavy atom. The van der Waals surface area contributed by atoms with E-state index < -0.39 is 23.6 Å². The second-order valence-corrected chi connectivity index (χ2v) is 5.02. The van der Waals surface area contributed by atoms with Gasteiger partial charge in [-0.15, -0.1) is 0 Å². The van der Waals surface area contributed by atoms with Gasteiger partial charge in [0, 0.05) is 20.0 Å². The van der Waals surface area contributed by atoms with Gasteiger partial charge in [-0.1, -0.05) is 20.8 Å². The monoisotopic (exact) mass is 213 g/mol. The average Bonchev–Trinajstić information content (AvgIpc) is 2.09. The molecule has 0 saturated carbocycles. The molecule has 1 aliphatic rings. The van der Waals surface area contributed by atoms with E-state index in [0.29, 0.717) is 0 Å². The van der Waals surface area contributed by atoms with Crippen molar-refractivity contribution in [1.29, 1.82) is 0 Å². The minimum Gasteiger partial charge on any atom is -0.836 e. The fraction of sp³-hybridized carbons (Fsp3) is 0.800. The Balaban J connectivity index is 3.08. The van der Waals surface area contributed by atoms with E-state index in [4.69, 9.17) is 0 Å². The van der Waals surface area contributed by atoms with Crippen molar-refractivity contribution in [2.24, 2.45) is 11.3 Å². The number of urea groups is 1. The second kappa shape index (κ2) is 3.48. The van der Waals surface area contributed by atoms with Gasteiger partial charge < -0.3 is 10.0 Å². The first-order valence-electron chi connectivity index (χ1n) is 4.88. The minimum atomic E-state index is -1.29. The molecular formula is C10H17N2O3-. The number of carbonyl (C=O) groups excluding carboxylic acids is 2. The van der Waals surface area contributed by atoms with E-state index >= 15 is 0 Å². The molecule has 5 heteroatoms. The molecule has 3 amide bonds. The molecule has 0 radical (unpaired) electrons. The number of imide groups is 1. The maximum atomic E-state index is 11.9. The SMILES string of the molecule is CN1C(=O)C(C(C)(C)C)C([O-])N(C)C1=O. The molecule has 1 heterocycles. The third kappa shape index (κ3) is 1.84. The lowest BCUT2D eigenvalue weighted by Crippen LogP contribution is -2.66. The summed E-state index contributed by atoms with van der Waals surface area (Å²) in [6.45, 7) is 5.49. The van der Waals surface area contributed by atoms with Crippen molar-refractivity contribution in [2.75, 3.05) is 14.1 Å². The molecule has 1 rings (SSSR count). The van der Waals surface area contributed by atoms with Gasteiger partial charge in [0.1, 0.15) is 0 Å². The standard InChI is InChI=1S/C10H17N2O3/c1-10(2,3)6-7(13)11(4)9(15)12(5)8(6)14/h6-7H,1-5H3/q-1. The Labute approximate surface area is 89.7 Å². The number of hydrogen-bond donors (Lipinski definition) is 0. The quantitative estimate of drug-likeness (QED) is 0.562. The number of amides is 3. The van der Waals surface area contributed by atoms with Crippen LogP contribution in [0.15, 0.2) is 0 Å². The summed E-state index contributed by atoms with van der Waals surface area (Å²) >= 11 is 0. The molecule has 0 aromatic rings. The van der Waals surface area contributed by atoms with Gasteiger partial charge in [-0.25, -0.2) is 4.79 Å². The highest BCUT2D eigenvalue weighted by molar-refractivity contribution is 5.98. The molecule has 0 aromatic carbocycles. The molecule has 1 saturated heterocycles. The predicted molar refractivity (Wildman–Crippen MR) is 52.7 cm³/mol. The molecule has 0 aliphatic carbocycles. The van der Waals surface area contributed by atoms with Crippen LogP contribution in [0.5, 0.6) is 0 Å². The predicted octanol–water partition coefficient (Wildman–Crippen LogP) is -0.141. The zero-order valence-electron chi connectivity index (χ0n) is 9.77. The van der Waals surface area contributed by atoms with E-state index in [1.54, 1.807) is 0 Å². The Morgan fingerprint density at radius 3 is 2.07 bits per heavy atom. The van der Waals surface area contributed by atoms with Crippen molar-refractivity contribution in [3.05, 3.63) is 0 Å². The van der Waals surface area contributed by atoms with Crippen LogP contribution in [0.3, 0.4) is 0 Å². The molecule has 2 unspecified atom stereocenters. The molecule has 86 valence electrons. The van der Waals surface area contributed by atoms with Gasteiger partial charge in [-0.05, 0) is 11.6 Å². The topological polar surface area (TPSA) is 63.7 Å². The van der Waals surface area contributed by atoms with Gasteiger partial charge >= 0.3 is 6.03 Å². The van der Waals surface area contributed by atoms with Crippen LogP contribution in [0.2, 0.25) is 0 Å². The zero-order chi connectivity index (χ0) is 12.0. The van der Waals surface area contributed by atoms with Gasteiger partial charge in [0.2, 0.25) is 5.91 Å². The maximum Gasteiger partial charge on any atom is 0.325 e. The van der Waals surface area contributed by atoms with Crippen LogP contribution in [-0.2, 0) is 4.79 Å². The normalized spacial score (nSPS) is 28.7. The second-order valence-electron chi connectivity index (χ2n) is 5.02. The van der Waals surface area contributed by atoms with Crippen molar-refractivity contribution >= 4 is 11.9 Å². The van der Waals surface area contributed by atoms with Crippen molar-refractivity contribution in [2.45, 2.75) is 27.0 Å². The van der Waals surface area contributed by atoms with Crippen LogP contribution in [0.4, 0.5) is 4.79 Å². The largest absolute Gasteiger partial charge is 0.836 e. The first kappa shape index (κ1) is 12.0. The molecule has 1 fully saturated rings. The fourth-order valence-electron chi connectivity index (χ4n) is 1.79. The molecule has 0 aromatic heterocycles. The summed E-state index contributed by atoms with van der Waals surface area (Å²) < 4.78 is 0. The maximum absolute atomic E-state index is 11.9. The number of nitrogens with zero attached hydrogens (tertiary/aromatic N) is 2. The van der Waals surface area contributed by atoms with E-state index in [1.165, 1.54) is 14.1 Å². The molecule has 15 heavy (non-hydrogen) atoms. The van der Waals surface area contributed by atoms with Gasteiger partial charge in [-0.3, -0.25) is 9.69 Å². The highest BCUT2D eigenvalue weighted by Crippen LogP contribution is 2.33. The fourth-order valence-corrected chi connectivity index (χ4v) is 1.79. The summed E-state index contributed by atoms with van der Waals surface area (Å²) in [5.74, 6) is -1.07. The van der Waals surface area contributed by atoms with Crippen LogP contribution in [0.1, 0.15) is 20.8 Å². The van der Waals surface area contributed by atoms with Crippen molar-refractivity contribution in [3.63, 3.8) is 0 Å². The molecule has 0 bridgehead atoms. The van der Waals surface area contributed by atoms with E-state index in [2.05, 4.69) is 0 Å². The third-order valence-electron chi connectivity index (χ3n) is 2.79. The minimum absolute atomic E-state index is 0.384. The van der Waals surface area contributed by atoms with Crippen molar-refractivity contribution in [3.8, 4) is 0 Å². The average molecular weight is 213 g/mol. The van der Waals surface area contributed by atoms with E-state index in [0.717, 1.165) is 9.80 Å². The molecular weight excluding hydrogens is 196 g/mol. The van der Waals surface area contributed by atoms with Gasteiger partial charge in [0.25, 0.3) is 0 Å². The molecule has 2 atom stereocenters. The highest BCUT2D eigenvalue weighted by Gasteiger charge is 2.43. The van der Waals surface area contributed by atoms with Crippen LogP contribution < -0.4 is 5.11 Å². The molecule has 5 nitrogen and oxygen atoms in total. The summed E-state index contributed by atoms with van der Waals surface area (Å²) in [4.78, 5) is 25.4. The Kier molecular flexibility index (Phi) is 2.78. The number of carbonyl (C=O) groups is 2. The lowest BCUT2D eigenvalue weighted by molar-refractivity contribution is -0.466. The van der Waals surface area contributed by atoms with E-state index in [9.17, 15) is 14.7 Å². The Bertz CT molecular complexity index is 296. The molecule has 0 spiro atoms. The van der Waals surface area contributed by atoms with E-state index in [-0.39, 0.29) is 5.91 Å². The summed E-state index contributed by atoms with van der Waals surface area (Å²) in [6.07, 6.45) is -1.29. The molecule has 1 aliphatic heterocycles. The van der Waals surface area contributed by atoms with Crippen LogP contribution >= 0.6 is 0 Å². The van der Waals surface area contributed by atoms with Crippen molar-refractivity contribution in [1.82, 2.24) is 9.80 Å². The van der Waals surface area contributed by atoms with Gasteiger partial charge in [-0.2, -0.15) is 0 Å². The third-order valence-corrected chi connectivity index (χ3v) is 2.79. The summed E-state index contributed by atoms with van der Waals surface area (Å²) in [5.41, 5.74) is -0.438. The highest BCUT2D eigenvalue weighted by atomic mass is 16.3. The van der Waals surface area contributed by atoms with Crippen LogP contribution in [0, 0.1) is 11.3 Å². The summed E-state index contributed by atoms with van der Waals surface area (Å²) in [5, 5.41) is 11.9. The van der Waals surface area contributed by atoms with Gasteiger partial charge in [0.05, 0.1) is 0 Å². The summed E-state index contributed by atoms with van der Waals surface area (Å²) in [7, 11) is 2.84. The lowest BCUT2D eigenvalue weighted by Gasteiger charge is -2.50. The number of hydrogen-bond acceptors (Lipinski definition) is 3. The number of rotatable bonds is 0. The zero-order valence-corrected chi connectivity index (χ0v) is 9.77. The van der Waals surface area contributed by atoms with Crippen LogP contribution in [0.25, 0.3) is 0 Å². The Hall–Kier alpha value is -1.10. The van der Waals surface area contributed by atoms with Crippen LogP contribution in [-0.4, -0.2) is 42.1 Å². The van der Waals surface area contributed by atoms with Gasteiger partial charge in [0.15, 0.2) is 0 Å². The summed E-state index contributed by atoms with van der Waals surface area (Å²) in [6, 6.07) is -0.527. The van der Waals surface area contributed by atoms with Crippen molar-refractivity contribution < 1.29 is 14.7 Å². The first-order valence-corrected chi connectivity index (χ1v) is 4.88. The molecule has 0 N–H and O–H groups in total. The first-order chi connectivity index (χ1) is 6.68. The smallest absolute Gasteiger partial charge is 0.325 e. The Morgan fingerprint density at radius 2 is 1.67 bits per heavy atom. The van der Waals surface area contributed by atoms with E-state index in [1.807, 2.05) is 20.8 Å².